The molecular formula is C22H27F2N3O4S. The highest BCUT2D eigenvalue weighted by atomic mass is 32.2. The molecular weight excluding hydrogens is 440 g/mol. The fourth-order valence-electron chi connectivity index (χ4n) is 3.81. The normalized spacial score (nSPS) is 23.3. The second-order valence-corrected chi connectivity index (χ2v) is 10.5. The molecule has 2 aromatic rings. The summed E-state index contributed by atoms with van der Waals surface area (Å²) in [4.78, 5) is 8.10. The number of hydrogen-bond donors (Lipinski definition) is 1. The van der Waals surface area contributed by atoms with Gasteiger partial charge in [0.15, 0.2) is 0 Å². The molecule has 2 aliphatic rings. The molecule has 0 atom stereocenters. The zero-order valence-electron chi connectivity index (χ0n) is 17.8. The standard InChI is InChI=1S/C22H27F2N3O4S/c1-32(28,29)21-26-19(25-16-7-9-22(23,24)10-8-16)13-20(27-21)31-18-11-17(12-18)30-14-15-5-3-2-4-6-15/h2-6,13,16-18H,7-12,14H2,1H3,(H,25,26,27). The van der Waals surface area contributed by atoms with E-state index >= 15 is 0 Å². The molecule has 0 bridgehead atoms. The van der Waals surface area contributed by atoms with Gasteiger partial charge in [-0.3, -0.25) is 0 Å². The third-order valence-electron chi connectivity index (χ3n) is 5.75. The second-order valence-electron chi connectivity index (χ2n) is 8.55. The lowest BCUT2D eigenvalue weighted by atomic mass is 9.92. The van der Waals surface area contributed by atoms with Crippen molar-refractivity contribution >= 4 is 15.7 Å². The number of nitrogens with one attached hydrogen (secondary N) is 1. The second kappa shape index (κ2) is 9.27. The Hall–Kier alpha value is -2.33. The van der Waals surface area contributed by atoms with Crippen LogP contribution < -0.4 is 10.1 Å². The van der Waals surface area contributed by atoms with Gasteiger partial charge >= 0.3 is 0 Å². The van der Waals surface area contributed by atoms with Crippen LogP contribution in [0.3, 0.4) is 0 Å². The van der Waals surface area contributed by atoms with Gasteiger partial charge in [0.25, 0.3) is 5.16 Å². The van der Waals surface area contributed by atoms with E-state index in [9.17, 15) is 17.2 Å². The van der Waals surface area contributed by atoms with Crippen molar-refractivity contribution in [1.29, 1.82) is 0 Å². The zero-order chi connectivity index (χ0) is 22.8. The average Bonchev–Trinajstić information content (AvgIpc) is 2.71. The van der Waals surface area contributed by atoms with Crippen molar-refractivity contribution in [3.8, 4) is 5.88 Å². The number of rotatable bonds is 8. The van der Waals surface area contributed by atoms with Crippen molar-refractivity contribution in [2.75, 3.05) is 11.6 Å². The first-order valence-corrected chi connectivity index (χ1v) is 12.6. The molecule has 1 N–H and O–H groups in total. The molecule has 0 spiro atoms. The zero-order valence-corrected chi connectivity index (χ0v) is 18.7. The van der Waals surface area contributed by atoms with Gasteiger partial charge in [0.1, 0.15) is 11.9 Å². The minimum absolute atomic E-state index is 0.0675. The first-order valence-electron chi connectivity index (χ1n) is 10.7. The van der Waals surface area contributed by atoms with E-state index in [1.54, 1.807) is 0 Å². The largest absolute Gasteiger partial charge is 0.474 e. The average molecular weight is 468 g/mol. The molecule has 1 aromatic carbocycles. The number of sulfone groups is 1. The van der Waals surface area contributed by atoms with Gasteiger partial charge in [0, 0.05) is 44.0 Å². The van der Waals surface area contributed by atoms with Crippen LogP contribution in [0.2, 0.25) is 0 Å². The molecule has 0 saturated heterocycles. The van der Waals surface area contributed by atoms with Crippen LogP contribution in [0.25, 0.3) is 0 Å². The fraction of sp³-hybridized carbons (Fsp3) is 0.545. The lowest BCUT2D eigenvalue weighted by Gasteiger charge is -2.35. The Morgan fingerprint density at radius 3 is 2.44 bits per heavy atom. The van der Waals surface area contributed by atoms with Gasteiger partial charge in [0.05, 0.1) is 12.7 Å². The number of halogens is 2. The van der Waals surface area contributed by atoms with Crippen LogP contribution in [0.4, 0.5) is 14.6 Å². The molecule has 2 saturated carbocycles. The SMILES string of the molecule is CS(=O)(=O)c1nc(NC2CCC(F)(F)CC2)cc(OC2CC(OCc3ccccc3)C2)n1. The molecule has 0 aliphatic heterocycles. The number of alkyl halides is 2. The molecule has 7 nitrogen and oxygen atoms in total. The highest BCUT2D eigenvalue weighted by Crippen LogP contribution is 2.35. The van der Waals surface area contributed by atoms with Crippen molar-refractivity contribution in [2.24, 2.45) is 0 Å². The Labute approximate surface area is 186 Å². The molecule has 174 valence electrons. The summed E-state index contributed by atoms with van der Waals surface area (Å²) in [5, 5.41) is 2.72. The van der Waals surface area contributed by atoms with Gasteiger partial charge in [-0.2, -0.15) is 4.98 Å². The molecule has 1 aromatic heterocycles. The third kappa shape index (κ3) is 6.13. The van der Waals surface area contributed by atoms with E-state index in [0.717, 1.165) is 11.8 Å². The Bertz CT molecular complexity index is 1020. The molecule has 10 heteroatoms. The van der Waals surface area contributed by atoms with Crippen LogP contribution in [0.5, 0.6) is 5.88 Å². The Morgan fingerprint density at radius 1 is 1.09 bits per heavy atom. The topological polar surface area (TPSA) is 90.4 Å². The molecule has 2 aliphatic carbocycles. The summed E-state index contributed by atoms with van der Waals surface area (Å²) in [6.45, 7) is 0.526. The van der Waals surface area contributed by atoms with Crippen molar-refractivity contribution in [3.63, 3.8) is 0 Å². The van der Waals surface area contributed by atoms with Gasteiger partial charge in [-0.1, -0.05) is 30.3 Å². The Balaban J connectivity index is 1.35. The van der Waals surface area contributed by atoms with E-state index in [4.69, 9.17) is 9.47 Å². The van der Waals surface area contributed by atoms with Crippen molar-refractivity contribution in [2.45, 2.75) is 74.5 Å². The molecule has 4 rings (SSSR count). The van der Waals surface area contributed by atoms with Crippen molar-refractivity contribution in [3.05, 3.63) is 42.0 Å². The summed E-state index contributed by atoms with van der Waals surface area (Å²) in [6.07, 6.45) is 2.45. The van der Waals surface area contributed by atoms with E-state index in [2.05, 4.69) is 15.3 Å². The maximum Gasteiger partial charge on any atom is 0.252 e. The Morgan fingerprint density at radius 2 is 1.78 bits per heavy atom. The predicted octanol–water partition coefficient (Wildman–Crippen LogP) is 4.00. The fourth-order valence-corrected chi connectivity index (χ4v) is 4.33. The summed E-state index contributed by atoms with van der Waals surface area (Å²) >= 11 is 0. The lowest BCUT2D eigenvalue weighted by Crippen LogP contribution is -2.39. The number of ether oxygens (including phenoxy) is 2. The number of anilines is 1. The van der Waals surface area contributed by atoms with Crippen LogP contribution in [0.15, 0.2) is 41.6 Å². The Kier molecular flexibility index (Phi) is 6.62. The number of aromatic nitrogens is 2. The van der Waals surface area contributed by atoms with Gasteiger partial charge in [-0.05, 0) is 18.4 Å². The highest BCUT2D eigenvalue weighted by molar-refractivity contribution is 7.90. The maximum absolute atomic E-state index is 13.4. The minimum atomic E-state index is -3.67. The van der Waals surface area contributed by atoms with E-state index in [1.165, 1.54) is 6.07 Å². The molecule has 1 heterocycles. The molecule has 0 radical (unpaired) electrons. The number of hydrogen-bond acceptors (Lipinski definition) is 7. The first-order chi connectivity index (χ1) is 15.2. The monoisotopic (exact) mass is 467 g/mol. The van der Waals surface area contributed by atoms with Crippen molar-refractivity contribution in [1.82, 2.24) is 9.97 Å². The van der Waals surface area contributed by atoms with Crippen LogP contribution in [-0.2, 0) is 21.2 Å². The van der Waals surface area contributed by atoms with Crippen LogP contribution in [0, 0.1) is 0 Å². The van der Waals surface area contributed by atoms with E-state index in [0.29, 0.717) is 19.4 Å². The van der Waals surface area contributed by atoms with E-state index in [1.807, 2.05) is 30.3 Å². The predicted molar refractivity (Wildman–Crippen MR) is 115 cm³/mol. The van der Waals surface area contributed by atoms with Gasteiger partial charge in [-0.15, -0.1) is 0 Å². The summed E-state index contributed by atoms with van der Waals surface area (Å²) < 4.78 is 62.6. The van der Waals surface area contributed by atoms with Crippen molar-refractivity contribution < 1.29 is 26.7 Å². The number of nitrogens with zero attached hydrogens (tertiary/aromatic N) is 2. The summed E-state index contributed by atoms with van der Waals surface area (Å²) in [7, 11) is -3.67. The van der Waals surface area contributed by atoms with Crippen LogP contribution in [0.1, 0.15) is 44.1 Å². The van der Waals surface area contributed by atoms with Gasteiger partial charge < -0.3 is 14.8 Å². The summed E-state index contributed by atoms with van der Waals surface area (Å²) in [5.41, 5.74) is 1.10. The highest BCUT2D eigenvalue weighted by Gasteiger charge is 2.35. The van der Waals surface area contributed by atoms with Crippen LogP contribution >= 0.6 is 0 Å². The molecule has 0 unspecified atom stereocenters. The number of benzene rings is 1. The lowest BCUT2D eigenvalue weighted by molar-refractivity contribution is -0.0696. The first kappa shape index (κ1) is 22.8. The smallest absolute Gasteiger partial charge is 0.252 e. The van der Waals surface area contributed by atoms with Gasteiger partial charge in [0.2, 0.25) is 21.6 Å². The van der Waals surface area contributed by atoms with Gasteiger partial charge in [-0.25, -0.2) is 22.2 Å². The molecule has 32 heavy (non-hydrogen) atoms. The molecule has 2 fully saturated rings. The molecule has 0 amide bonds. The van der Waals surface area contributed by atoms with Crippen LogP contribution in [-0.4, -0.2) is 48.8 Å². The quantitative estimate of drug-likeness (QED) is 0.587. The van der Waals surface area contributed by atoms with E-state index in [-0.39, 0.29) is 60.8 Å². The van der Waals surface area contributed by atoms with E-state index < -0.39 is 15.8 Å². The maximum atomic E-state index is 13.4. The third-order valence-corrected chi connectivity index (χ3v) is 6.60. The summed E-state index contributed by atoms with van der Waals surface area (Å²) in [6, 6.07) is 11.2. The summed E-state index contributed by atoms with van der Waals surface area (Å²) in [5.74, 6) is -2.23. The minimum Gasteiger partial charge on any atom is -0.474 e.